The number of hydrogen-bond donors (Lipinski definition) is 1. The first kappa shape index (κ1) is 11.1. The predicted octanol–water partition coefficient (Wildman–Crippen LogP) is 2.61. The van der Waals surface area contributed by atoms with Crippen LogP contribution < -0.4 is 5.32 Å². The normalized spacial score (nSPS) is 11.0. The van der Waals surface area contributed by atoms with Crippen molar-refractivity contribution in [1.82, 2.24) is 14.8 Å². The largest absolute Gasteiger partial charge is 0.356 e. The highest BCUT2D eigenvalue weighted by molar-refractivity contribution is 7.15. The summed E-state index contributed by atoms with van der Waals surface area (Å²) in [7, 11) is 1.94. The third-order valence-electron chi connectivity index (χ3n) is 2.44. The summed E-state index contributed by atoms with van der Waals surface area (Å²) >= 11 is 1.72. The zero-order chi connectivity index (χ0) is 11.5. The maximum absolute atomic E-state index is 4.34. The summed E-state index contributed by atoms with van der Waals surface area (Å²) in [6, 6.07) is 2.00. The molecule has 86 valence electrons. The Hall–Kier alpha value is -1.36. The SMILES string of the molecule is CC(C)c1cnc(NCc2ccnn2C)s1. The van der Waals surface area contributed by atoms with E-state index in [0.717, 1.165) is 17.4 Å². The van der Waals surface area contributed by atoms with Gasteiger partial charge in [0.2, 0.25) is 0 Å². The first-order valence-corrected chi connectivity index (χ1v) is 6.15. The van der Waals surface area contributed by atoms with Crippen molar-refractivity contribution in [3.63, 3.8) is 0 Å². The van der Waals surface area contributed by atoms with Crippen molar-refractivity contribution in [1.29, 1.82) is 0 Å². The maximum atomic E-state index is 4.34. The van der Waals surface area contributed by atoms with E-state index in [0.29, 0.717) is 5.92 Å². The summed E-state index contributed by atoms with van der Waals surface area (Å²) in [5.74, 6) is 0.546. The van der Waals surface area contributed by atoms with E-state index in [1.807, 2.05) is 24.0 Å². The van der Waals surface area contributed by atoms with Gasteiger partial charge in [0.05, 0.1) is 12.2 Å². The van der Waals surface area contributed by atoms with Crippen LogP contribution in [0.15, 0.2) is 18.5 Å². The molecule has 0 radical (unpaired) electrons. The van der Waals surface area contributed by atoms with Gasteiger partial charge in [0.1, 0.15) is 0 Å². The number of nitrogens with zero attached hydrogens (tertiary/aromatic N) is 3. The minimum atomic E-state index is 0.546. The van der Waals surface area contributed by atoms with Crippen molar-refractivity contribution < 1.29 is 0 Å². The second-order valence-corrected chi connectivity index (χ2v) is 5.08. The first-order valence-electron chi connectivity index (χ1n) is 5.33. The molecule has 0 unspecified atom stereocenters. The molecule has 0 bridgehead atoms. The highest BCUT2D eigenvalue weighted by Crippen LogP contribution is 2.25. The Morgan fingerprint density at radius 3 is 2.88 bits per heavy atom. The lowest BCUT2D eigenvalue weighted by Gasteiger charge is -2.02. The molecule has 2 rings (SSSR count). The zero-order valence-corrected chi connectivity index (χ0v) is 10.6. The monoisotopic (exact) mass is 236 g/mol. The molecule has 0 aliphatic heterocycles. The van der Waals surface area contributed by atoms with E-state index < -0.39 is 0 Å². The molecule has 0 fully saturated rings. The molecule has 2 aromatic rings. The molecule has 0 saturated heterocycles. The van der Waals surface area contributed by atoms with Gasteiger partial charge in [-0.3, -0.25) is 4.68 Å². The third kappa shape index (κ3) is 2.41. The molecule has 0 aromatic carbocycles. The lowest BCUT2D eigenvalue weighted by molar-refractivity contribution is 0.720. The summed E-state index contributed by atoms with van der Waals surface area (Å²) in [6.07, 6.45) is 3.75. The van der Waals surface area contributed by atoms with Crippen LogP contribution in [0.25, 0.3) is 0 Å². The fraction of sp³-hybridized carbons (Fsp3) is 0.455. The van der Waals surface area contributed by atoms with Gasteiger partial charge in [-0.1, -0.05) is 13.8 Å². The van der Waals surface area contributed by atoms with Crippen molar-refractivity contribution in [2.24, 2.45) is 7.05 Å². The van der Waals surface area contributed by atoms with Crippen molar-refractivity contribution in [3.05, 3.63) is 29.0 Å². The van der Waals surface area contributed by atoms with Crippen molar-refractivity contribution in [2.75, 3.05) is 5.32 Å². The number of aryl methyl sites for hydroxylation is 1. The fourth-order valence-corrected chi connectivity index (χ4v) is 2.19. The van der Waals surface area contributed by atoms with Crippen LogP contribution in [0.3, 0.4) is 0 Å². The second-order valence-electron chi connectivity index (χ2n) is 4.02. The molecule has 2 heterocycles. The molecule has 0 aliphatic carbocycles. The Morgan fingerprint density at radius 1 is 1.50 bits per heavy atom. The van der Waals surface area contributed by atoms with Gasteiger partial charge in [0.15, 0.2) is 5.13 Å². The Balaban J connectivity index is 1.97. The Morgan fingerprint density at radius 2 is 2.31 bits per heavy atom. The van der Waals surface area contributed by atoms with Gasteiger partial charge in [0.25, 0.3) is 0 Å². The van der Waals surface area contributed by atoms with Crippen LogP contribution in [0.2, 0.25) is 0 Å². The first-order chi connectivity index (χ1) is 7.66. The van der Waals surface area contributed by atoms with Crippen molar-refractivity contribution in [3.8, 4) is 0 Å². The molecule has 16 heavy (non-hydrogen) atoms. The topological polar surface area (TPSA) is 42.7 Å². The average molecular weight is 236 g/mol. The van der Waals surface area contributed by atoms with Crippen LogP contribution in [-0.4, -0.2) is 14.8 Å². The lowest BCUT2D eigenvalue weighted by Crippen LogP contribution is -2.04. The third-order valence-corrected chi connectivity index (χ3v) is 3.69. The van der Waals surface area contributed by atoms with Gasteiger partial charge in [-0.15, -0.1) is 11.3 Å². The van der Waals surface area contributed by atoms with Crippen LogP contribution in [0.1, 0.15) is 30.3 Å². The van der Waals surface area contributed by atoms with Gasteiger partial charge in [-0.05, 0) is 12.0 Å². The summed E-state index contributed by atoms with van der Waals surface area (Å²) in [5, 5.41) is 8.41. The predicted molar refractivity (Wildman–Crippen MR) is 66.7 cm³/mol. The number of hydrogen-bond acceptors (Lipinski definition) is 4. The summed E-state index contributed by atoms with van der Waals surface area (Å²) in [5.41, 5.74) is 1.15. The molecule has 2 aromatic heterocycles. The second kappa shape index (κ2) is 4.65. The molecular weight excluding hydrogens is 220 g/mol. The van der Waals surface area contributed by atoms with Crippen LogP contribution in [0.5, 0.6) is 0 Å². The Bertz CT molecular complexity index is 458. The van der Waals surface area contributed by atoms with E-state index >= 15 is 0 Å². The minimum absolute atomic E-state index is 0.546. The van der Waals surface area contributed by atoms with Crippen molar-refractivity contribution in [2.45, 2.75) is 26.3 Å². The van der Waals surface area contributed by atoms with E-state index in [1.165, 1.54) is 4.88 Å². The summed E-state index contributed by atoms with van der Waals surface area (Å²) in [6.45, 7) is 5.12. The molecule has 0 saturated carbocycles. The maximum Gasteiger partial charge on any atom is 0.183 e. The molecule has 0 spiro atoms. The van der Waals surface area contributed by atoms with E-state index in [-0.39, 0.29) is 0 Å². The highest BCUT2D eigenvalue weighted by atomic mass is 32.1. The van der Waals surface area contributed by atoms with E-state index in [4.69, 9.17) is 0 Å². The Labute approximate surface area is 99.3 Å². The number of anilines is 1. The molecule has 0 aliphatic rings. The number of thiazole rings is 1. The molecular formula is C11H16N4S. The number of nitrogens with one attached hydrogen (secondary N) is 1. The van der Waals surface area contributed by atoms with Crippen LogP contribution in [-0.2, 0) is 13.6 Å². The minimum Gasteiger partial charge on any atom is -0.356 e. The zero-order valence-electron chi connectivity index (χ0n) is 9.77. The summed E-state index contributed by atoms with van der Waals surface area (Å²) in [4.78, 5) is 5.66. The summed E-state index contributed by atoms with van der Waals surface area (Å²) < 4.78 is 1.87. The van der Waals surface area contributed by atoms with Gasteiger partial charge in [-0.2, -0.15) is 5.10 Å². The standard InChI is InChI=1S/C11H16N4S/c1-8(2)10-7-13-11(16-10)12-6-9-4-5-14-15(9)3/h4-5,7-8H,6H2,1-3H3,(H,12,13). The van der Waals surface area contributed by atoms with E-state index in [2.05, 4.69) is 29.2 Å². The van der Waals surface area contributed by atoms with Gasteiger partial charge >= 0.3 is 0 Å². The van der Waals surface area contributed by atoms with Gasteiger partial charge in [0, 0.05) is 24.3 Å². The average Bonchev–Trinajstić information content (AvgIpc) is 2.83. The van der Waals surface area contributed by atoms with Crippen LogP contribution in [0, 0.1) is 0 Å². The Kier molecular flexibility index (Phi) is 3.24. The number of aromatic nitrogens is 3. The van der Waals surface area contributed by atoms with Crippen LogP contribution >= 0.6 is 11.3 Å². The lowest BCUT2D eigenvalue weighted by atomic mass is 10.2. The molecule has 1 N–H and O–H groups in total. The van der Waals surface area contributed by atoms with Crippen molar-refractivity contribution >= 4 is 16.5 Å². The molecule has 0 amide bonds. The smallest absolute Gasteiger partial charge is 0.183 e. The van der Waals surface area contributed by atoms with Gasteiger partial charge in [-0.25, -0.2) is 4.98 Å². The highest BCUT2D eigenvalue weighted by Gasteiger charge is 2.05. The number of rotatable bonds is 4. The van der Waals surface area contributed by atoms with E-state index in [1.54, 1.807) is 17.5 Å². The fourth-order valence-electron chi connectivity index (χ4n) is 1.38. The molecule has 5 heteroatoms. The van der Waals surface area contributed by atoms with Gasteiger partial charge < -0.3 is 5.32 Å². The molecule has 4 nitrogen and oxygen atoms in total. The quantitative estimate of drug-likeness (QED) is 0.887. The van der Waals surface area contributed by atoms with Crippen LogP contribution in [0.4, 0.5) is 5.13 Å². The van der Waals surface area contributed by atoms with E-state index in [9.17, 15) is 0 Å². The molecule has 0 atom stereocenters.